The van der Waals surface area contributed by atoms with Crippen LogP contribution < -0.4 is 0 Å². The summed E-state index contributed by atoms with van der Waals surface area (Å²) < 4.78 is 31.6. The average Bonchev–Trinajstić information content (AvgIpc) is 1.27. The molecule has 0 saturated heterocycles. The van der Waals surface area contributed by atoms with Gasteiger partial charge in [0.05, 0.1) is 0 Å². The Kier molecular flexibility index (Phi) is 6.94. The summed E-state index contributed by atoms with van der Waals surface area (Å²) in [6, 6.07) is 0. The molecular formula is CH2CuO5S. The van der Waals surface area contributed by atoms with E-state index < -0.39 is 10.4 Å². The van der Waals surface area contributed by atoms with Crippen LogP contribution in [0, 0.1) is 0 Å². The molecule has 0 atom stereocenters. The van der Waals surface area contributed by atoms with Crippen molar-refractivity contribution < 1.29 is 37.9 Å². The zero-order valence-electron chi connectivity index (χ0n) is 3.33. The third-order valence-electron chi connectivity index (χ3n) is 0. The summed E-state index contributed by atoms with van der Waals surface area (Å²) in [5.74, 6) is 0. The molecule has 7 heteroatoms. The van der Waals surface area contributed by atoms with Crippen molar-refractivity contribution in [1.82, 2.24) is 0 Å². The molecule has 0 aliphatic rings. The Morgan fingerprint density at radius 1 is 1.38 bits per heavy atom. The van der Waals surface area contributed by atoms with Crippen LogP contribution >= 0.6 is 0 Å². The molecular weight excluding hydrogens is 188 g/mol. The van der Waals surface area contributed by atoms with Gasteiger partial charge in [-0.2, -0.15) is 8.42 Å². The molecule has 0 fully saturated rings. The zero-order chi connectivity index (χ0) is 7.21. The Morgan fingerprint density at radius 2 is 1.38 bits per heavy atom. The number of carbonyl (C=O) groups excluding carboxylic acids is 1. The van der Waals surface area contributed by atoms with E-state index in [0.717, 1.165) is 4.79 Å². The van der Waals surface area contributed by atoms with Gasteiger partial charge in [-0.05, 0) is 0 Å². The molecule has 0 spiro atoms. The Labute approximate surface area is 53.6 Å². The summed E-state index contributed by atoms with van der Waals surface area (Å²) in [6.45, 7) is 0. The fourth-order valence-corrected chi connectivity index (χ4v) is 0. The SMILES string of the molecule is O=S(=O)(O)O.O=[C]=[Cu]. The minimum atomic E-state index is -4.67. The second-order valence-corrected chi connectivity index (χ2v) is 1.60. The van der Waals surface area contributed by atoms with Gasteiger partial charge in [-0.3, -0.25) is 9.11 Å². The van der Waals surface area contributed by atoms with E-state index in [-0.39, 0.29) is 0 Å². The molecule has 0 heterocycles. The Bertz CT molecular complexity index is 153. The summed E-state index contributed by atoms with van der Waals surface area (Å²) in [7, 11) is -4.67. The van der Waals surface area contributed by atoms with Crippen molar-refractivity contribution in [3.63, 3.8) is 0 Å². The first kappa shape index (κ1) is 10.9. The van der Waals surface area contributed by atoms with Gasteiger partial charge in [0.2, 0.25) is 0 Å². The second kappa shape index (κ2) is 5.11. The molecule has 0 aromatic heterocycles. The van der Waals surface area contributed by atoms with Gasteiger partial charge >= 0.3 is 35.6 Å². The number of hydrogen-bond donors (Lipinski definition) is 2. The maximum atomic E-state index is 8.74. The van der Waals surface area contributed by atoms with Crippen LogP contribution in [0.4, 0.5) is 0 Å². The van der Waals surface area contributed by atoms with Gasteiger partial charge < -0.3 is 0 Å². The molecule has 0 rings (SSSR count). The summed E-state index contributed by atoms with van der Waals surface area (Å²) >= 11 is 3.70. The topological polar surface area (TPSA) is 91.7 Å². The molecule has 53 valence electrons. The standard InChI is InChI=1S/CO.Cu.H2O4S/c1-2;;1-5(2,3)4/h;;(H2,1,2,3,4). The number of rotatable bonds is 0. The van der Waals surface area contributed by atoms with E-state index in [2.05, 4.69) is 15.6 Å². The molecule has 0 saturated carbocycles. The van der Waals surface area contributed by atoms with Crippen molar-refractivity contribution >= 4 is 15.2 Å². The quantitative estimate of drug-likeness (QED) is 0.375. The predicted molar refractivity (Wildman–Crippen MR) is 19.9 cm³/mol. The van der Waals surface area contributed by atoms with Crippen molar-refractivity contribution in [3.8, 4) is 0 Å². The van der Waals surface area contributed by atoms with Crippen molar-refractivity contribution in [2.75, 3.05) is 0 Å². The van der Waals surface area contributed by atoms with Crippen LogP contribution in [0.3, 0.4) is 0 Å². The second-order valence-electron chi connectivity index (χ2n) is 0.509. The Morgan fingerprint density at radius 3 is 1.38 bits per heavy atom. The van der Waals surface area contributed by atoms with Gasteiger partial charge in [-0.1, -0.05) is 0 Å². The first-order valence-electron chi connectivity index (χ1n) is 1.05. The van der Waals surface area contributed by atoms with Crippen molar-refractivity contribution in [2.24, 2.45) is 0 Å². The van der Waals surface area contributed by atoms with Crippen LogP contribution in [-0.4, -0.2) is 22.3 Å². The molecule has 0 aliphatic heterocycles. The third-order valence-corrected chi connectivity index (χ3v) is 0. The van der Waals surface area contributed by atoms with Gasteiger partial charge in [0, 0.05) is 0 Å². The number of hydrogen-bond acceptors (Lipinski definition) is 3. The van der Waals surface area contributed by atoms with Gasteiger partial charge in [-0.15, -0.1) is 0 Å². The molecule has 0 aromatic carbocycles. The van der Waals surface area contributed by atoms with Crippen LogP contribution in [0.1, 0.15) is 0 Å². The van der Waals surface area contributed by atoms with Crippen LogP contribution in [0.2, 0.25) is 0 Å². The molecule has 0 radical (unpaired) electrons. The summed E-state index contributed by atoms with van der Waals surface area (Å²) in [6.07, 6.45) is 0. The average molecular weight is 190 g/mol. The molecule has 0 aliphatic carbocycles. The molecule has 0 aromatic rings. The van der Waals surface area contributed by atoms with E-state index >= 15 is 0 Å². The van der Waals surface area contributed by atoms with Crippen molar-refractivity contribution in [1.29, 1.82) is 0 Å². The van der Waals surface area contributed by atoms with Gasteiger partial charge in [0.1, 0.15) is 0 Å². The molecule has 5 nitrogen and oxygen atoms in total. The van der Waals surface area contributed by atoms with E-state index in [4.69, 9.17) is 22.3 Å². The van der Waals surface area contributed by atoms with Crippen LogP contribution in [0.25, 0.3) is 0 Å². The first-order chi connectivity index (χ1) is 3.41. The predicted octanol–water partition coefficient (Wildman–Crippen LogP) is -1.05. The molecule has 2 N–H and O–H groups in total. The fourth-order valence-electron chi connectivity index (χ4n) is 0. The van der Waals surface area contributed by atoms with E-state index in [1.165, 1.54) is 0 Å². The molecule has 0 bridgehead atoms. The summed E-state index contributed by atoms with van der Waals surface area (Å²) in [4.78, 5) is 9.55. The minimum absolute atomic E-state index is 1.06. The van der Waals surface area contributed by atoms with Crippen molar-refractivity contribution in [3.05, 3.63) is 0 Å². The Balaban J connectivity index is 0. The zero-order valence-corrected chi connectivity index (χ0v) is 5.09. The summed E-state index contributed by atoms with van der Waals surface area (Å²) in [5.41, 5.74) is 0. The van der Waals surface area contributed by atoms with Crippen LogP contribution in [0.5, 0.6) is 0 Å². The monoisotopic (exact) mass is 189 g/mol. The maximum absolute atomic E-state index is 8.74. The fraction of sp³-hybridized carbons (Fsp3) is 0. The van der Waals surface area contributed by atoms with E-state index in [1.807, 2.05) is 0 Å². The van der Waals surface area contributed by atoms with E-state index in [1.54, 1.807) is 0 Å². The normalized spacial score (nSPS) is 8.50. The van der Waals surface area contributed by atoms with Gasteiger partial charge in [0.25, 0.3) is 0 Å². The van der Waals surface area contributed by atoms with Gasteiger partial charge in [-0.25, -0.2) is 0 Å². The molecule has 8 heavy (non-hydrogen) atoms. The van der Waals surface area contributed by atoms with E-state index in [0.29, 0.717) is 0 Å². The first-order valence-corrected chi connectivity index (χ1v) is 2.92. The molecule has 0 unspecified atom stereocenters. The van der Waals surface area contributed by atoms with Crippen molar-refractivity contribution in [2.45, 2.75) is 0 Å². The van der Waals surface area contributed by atoms with Crippen LogP contribution in [0.15, 0.2) is 0 Å². The molecule has 0 amide bonds. The van der Waals surface area contributed by atoms with Crippen LogP contribution in [-0.2, 0) is 30.8 Å². The summed E-state index contributed by atoms with van der Waals surface area (Å²) in [5, 5.41) is 0. The van der Waals surface area contributed by atoms with Gasteiger partial charge in [0.15, 0.2) is 0 Å². The Hall–Kier alpha value is -0.0305. The third kappa shape index (κ3) is 158000. The van der Waals surface area contributed by atoms with E-state index in [9.17, 15) is 0 Å².